The fourth-order valence-corrected chi connectivity index (χ4v) is 2.95. The van der Waals surface area contributed by atoms with Crippen molar-refractivity contribution in [2.75, 3.05) is 26.8 Å². The Labute approximate surface area is 144 Å². The first-order valence-electron chi connectivity index (χ1n) is 7.80. The number of hydrogen-bond donors (Lipinski definition) is 2. The quantitative estimate of drug-likeness (QED) is 0.820. The molecule has 0 unspecified atom stereocenters. The minimum absolute atomic E-state index is 0.0406. The van der Waals surface area contributed by atoms with E-state index in [0.717, 1.165) is 23.7 Å². The van der Waals surface area contributed by atoms with Crippen LogP contribution in [-0.4, -0.2) is 59.5 Å². The van der Waals surface area contributed by atoms with Gasteiger partial charge in [0.1, 0.15) is 10.8 Å². The van der Waals surface area contributed by atoms with E-state index in [1.807, 2.05) is 0 Å². The van der Waals surface area contributed by atoms with E-state index in [9.17, 15) is 9.59 Å². The zero-order valence-corrected chi connectivity index (χ0v) is 14.1. The molecule has 2 aromatic rings. The molecule has 7 nitrogen and oxygen atoms in total. The average molecular weight is 351 g/mol. The summed E-state index contributed by atoms with van der Waals surface area (Å²) in [4.78, 5) is 33.1. The van der Waals surface area contributed by atoms with Crippen molar-refractivity contribution in [3.05, 3.63) is 29.2 Å². The van der Waals surface area contributed by atoms with E-state index in [1.54, 1.807) is 30.3 Å². The number of amides is 2. The molecule has 8 heteroatoms. The molecule has 0 radical (unpaired) electrons. The predicted octanol–water partition coefficient (Wildman–Crippen LogP) is 1.58. The number of halogens is 1. The summed E-state index contributed by atoms with van der Waals surface area (Å²) >= 11 is 5.83. The lowest BCUT2D eigenvalue weighted by Gasteiger charge is -2.31. The molecule has 1 fully saturated rings. The summed E-state index contributed by atoms with van der Waals surface area (Å²) in [5.74, 6) is -0.452. The Hall–Kier alpha value is -2.12. The van der Waals surface area contributed by atoms with Crippen LogP contribution < -0.4 is 5.32 Å². The van der Waals surface area contributed by atoms with Crippen molar-refractivity contribution in [3.63, 3.8) is 0 Å². The van der Waals surface area contributed by atoms with Crippen molar-refractivity contribution in [1.29, 1.82) is 0 Å². The monoisotopic (exact) mass is 350 g/mol. The first-order valence-corrected chi connectivity index (χ1v) is 8.18. The van der Waals surface area contributed by atoms with Crippen molar-refractivity contribution >= 4 is 34.3 Å². The Morgan fingerprint density at radius 1 is 1.42 bits per heavy atom. The molecule has 0 bridgehead atoms. The van der Waals surface area contributed by atoms with Crippen LogP contribution in [0.25, 0.3) is 10.9 Å². The summed E-state index contributed by atoms with van der Waals surface area (Å²) in [5.41, 5.74) is 1.09. The highest BCUT2D eigenvalue weighted by atomic mass is 35.5. The van der Waals surface area contributed by atoms with Crippen LogP contribution in [-0.2, 0) is 9.53 Å². The molecule has 2 aromatic heterocycles. The van der Waals surface area contributed by atoms with Crippen LogP contribution in [0, 0.1) is 0 Å². The molecule has 0 atom stereocenters. The molecule has 1 saturated heterocycles. The lowest BCUT2D eigenvalue weighted by molar-refractivity contribution is -0.132. The van der Waals surface area contributed by atoms with Crippen LogP contribution >= 0.6 is 11.6 Å². The van der Waals surface area contributed by atoms with Crippen LogP contribution in [0.4, 0.5) is 0 Å². The minimum atomic E-state index is -0.337. The molecule has 2 amide bonds. The normalized spacial score (nSPS) is 15.4. The highest BCUT2D eigenvalue weighted by Crippen LogP contribution is 2.18. The summed E-state index contributed by atoms with van der Waals surface area (Å²) in [6.07, 6.45) is 3.22. The maximum absolute atomic E-state index is 12.2. The number of ether oxygens (including phenoxy) is 1. The van der Waals surface area contributed by atoms with Crippen LogP contribution in [0.3, 0.4) is 0 Å². The number of H-pyrrole nitrogens is 1. The number of carbonyl (C=O) groups is 2. The fourth-order valence-electron chi connectivity index (χ4n) is 2.78. The average Bonchev–Trinajstić information content (AvgIpc) is 3.02. The van der Waals surface area contributed by atoms with E-state index in [-0.39, 0.29) is 24.4 Å². The Kier molecular flexibility index (Phi) is 5.01. The van der Waals surface area contributed by atoms with Gasteiger partial charge in [-0.2, -0.15) is 0 Å². The molecule has 2 N–H and O–H groups in total. The lowest BCUT2D eigenvalue weighted by Crippen LogP contribution is -2.45. The van der Waals surface area contributed by atoms with Gasteiger partial charge >= 0.3 is 0 Å². The molecule has 3 heterocycles. The molecular formula is C16H19ClN4O3. The zero-order valence-electron chi connectivity index (χ0n) is 13.3. The third-order valence-corrected chi connectivity index (χ3v) is 4.46. The number of rotatable bonds is 4. The van der Waals surface area contributed by atoms with Gasteiger partial charge < -0.3 is 19.9 Å². The van der Waals surface area contributed by atoms with Crippen molar-refractivity contribution in [2.24, 2.45) is 0 Å². The zero-order chi connectivity index (χ0) is 17.1. The van der Waals surface area contributed by atoms with Crippen LogP contribution in [0.5, 0.6) is 0 Å². The van der Waals surface area contributed by atoms with Crippen LogP contribution in [0.2, 0.25) is 5.15 Å². The third kappa shape index (κ3) is 3.68. The molecular weight excluding hydrogens is 332 g/mol. The molecule has 1 aliphatic rings. The van der Waals surface area contributed by atoms with E-state index < -0.39 is 0 Å². The van der Waals surface area contributed by atoms with Crippen LogP contribution in [0.15, 0.2) is 18.3 Å². The first-order chi connectivity index (χ1) is 11.5. The van der Waals surface area contributed by atoms with Gasteiger partial charge in [-0.1, -0.05) is 11.6 Å². The lowest BCUT2D eigenvalue weighted by atomic mass is 10.1. The number of carbonyl (C=O) groups excluding carboxylic acids is 2. The molecule has 0 spiro atoms. The van der Waals surface area contributed by atoms with Crippen molar-refractivity contribution in [1.82, 2.24) is 20.2 Å². The first kappa shape index (κ1) is 16.7. The number of nitrogens with one attached hydrogen (secondary N) is 2. The van der Waals surface area contributed by atoms with Gasteiger partial charge in [-0.05, 0) is 25.0 Å². The highest BCUT2D eigenvalue weighted by Gasteiger charge is 2.22. The number of aromatic amines is 1. The van der Waals surface area contributed by atoms with Gasteiger partial charge in [0.2, 0.25) is 5.91 Å². The summed E-state index contributed by atoms with van der Waals surface area (Å²) in [6, 6.07) is 3.53. The Morgan fingerprint density at radius 2 is 2.17 bits per heavy atom. The number of nitrogens with zero attached hydrogens (tertiary/aromatic N) is 2. The molecule has 3 rings (SSSR count). The van der Waals surface area contributed by atoms with E-state index in [2.05, 4.69) is 15.3 Å². The highest BCUT2D eigenvalue weighted by molar-refractivity contribution is 6.30. The number of hydrogen-bond acceptors (Lipinski definition) is 4. The van der Waals surface area contributed by atoms with E-state index in [1.165, 1.54) is 0 Å². The molecule has 0 aliphatic carbocycles. The third-order valence-electron chi connectivity index (χ3n) is 4.25. The van der Waals surface area contributed by atoms with E-state index in [0.29, 0.717) is 24.1 Å². The van der Waals surface area contributed by atoms with Gasteiger partial charge in [-0.15, -0.1) is 0 Å². The van der Waals surface area contributed by atoms with Gasteiger partial charge in [-0.25, -0.2) is 4.98 Å². The van der Waals surface area contributed by atoms with Gasteiger partial charge in [0, 0.05) is 31.7 Å². The number of aromatic nitrogens is 2. The second-order valence-corrected chi connectivity index (χ2v) is 6.20. The second kappa shape index (κ2) is 7.19. The van der Waals surface area contributed by atoms with Gasteiger partial charge in [-0.3, -0.25) is 9.59 Å². The van der Waals surface area contributed by atoms with Crippen LogP contribution in [0.1, 0.15) is 23.3 Å². The van der Waals surface area contributed by atoms with Crippen molar-refractivity contribution in [3.8, 4) is 0 Å². The van der Waals surface area contributed by atoms with E-state index >= 15 is 0 Å². The maximum Gasteiger partial charge on any atom is 0.268 e. The smallest absolute Gasteiger partial charge is 0.268 e. The van der Waals surface area contributed by atoms with Gasteiger partial charge in [0.15, 0.2) is 0 Å². The molecule has 0 saturated carbocycles. The summed E-state index contributed by atoms with van der Waals surface area (Å²) in [5, 5.41) is 3.81. The van der Waals surface area contributed by atoms with Gasteiger partial charge in [0.25, 0.3) is 5.91 Å². The second-order valence-electron chi connectivity index (χ2n) is 5.81. The number of fused-ring (bicyclic) bond motifs is 1. The molecule has 24 heavy (non-hydrogen) atoms. The van der Waals surface area contributed by atoms with Crippen molar-refractivity contribution < 1.29 is 14.3 Å². The Bertz CT molecular complexity index is 755. The summed E-state index contributed by atoms with van der Waals surface area (Å²) in [7, 11) is 1.76. The van der Waals surface area contributed by atoms with Crippen molar-refractivity contribution in [2.45, 2.75) is 18.9 Å². The Balaban J connectivity index is 1.58. The fraction of sp³-hybridized carbons (Fsp3) is 0.438. The van der Waals surface area contributed by atoms with Gasteiger partial charge in [0.05, 0.1) is 18.3 Å². The standard InChI is InChI=1S/C16H19ClN4O3/c1-21(11-2-4-24-5-3-11)15(22)9-19-16(23)12-6-10-7-14(17)18-8-13(10)20-12/h6-8,11,20H,2-5,9H2,1H3,(H,19,23). The topological polar surface area (TPSA) is 87.3 Å². The summed E-state index contributed by atoms with van der Waals surface area (Å²) < 4.78 is 5.30. The predicted molar refractivity (Wildman–Crippen MR) is 90.0 cm³/mol. The molecule has 128 valence electrons. The maximum atomic E-state index is 12.2. The molecule has 1 aliphatic heterocycles. The number of pyridine rings is 1. The minimum Gasteiger partial charge on any atom is -0.381 e. The summed E-state index contributed by atoms with van der Waals surface area (Å²) in [6.45, 7) is 1.29. The number of likely N-dealkylation sites (N-methyl/N-ethyl adjacent to an activating group) is 1. The SMILES string of the molecule is CN(C(=O)CNC(=O)c1cc2cc(Cl)ncc2[nH]1)C1CCOCC1. The molecule has 0 aromatic carbocycles. The largest absolute Gasteiger partial charge is 0.381 e. The van der Waals surface area contributed by atoms with E-state index in [4.69, 9.17) is 16.3 Å². The Morgan fingerprint density at radius 3 is 2.92 bits per heavy atom.